The van der Waals surface area contributed by atoms with Crippen molar-refractivity contribution in [2.24, 2.45) is 0 Å². The van der Waals surface area contributed by atoms with E-state index >= 15 is 0 Å². The number of imide groups is 2. The Morgan fingerprint density at radius 3 is 1.71 bits per heavy atom. The van der Waals surface area contributed by atoms with E-state index in [4.69, 9.17) is 32.8 Å². The average Bonchev–Trinajstić information content (AvgIpc) is 3.61. The molecule has 0 aromatic carbocycles. The summed E-state index contributed by atoms with van der Waals surface area (Å²) in [6, 6.07) is 0. The van der Waals surface area contributed by atoms with Crippen LogP contribution in [0.4, 0.5) is 0 Å². The summed E-state index contributed by atoms with van der Waals surface area (Å²) in [7, 11) is -1.55. The number of hydrogen-bond acceptors (Lipinski definition) is 16. The molecule has 2 heterocycles. The van der Waals surface area contributed by atoms with Gasteiger partial charge in [0.15, 0.2) is 0 Å². The standard InChI is InChI=1S/C36H64N4O14P2S2/c1-27(2)55-54-52-15-8-6-7-11-37-31(41)9-23-57-29-25-33(43)39(35(29)45)13-17-49-19-21-51-22-20-50-18-14-40-34(44)26-30(36(40)46)58-24-10-32(42)38-12-16-53-56(47,48-5)28(3)4/h27-30,55H,6-26H2,1-5H3,(H,37,41)(H,38,42). The zero-order valence-electron chi connectivity index (χ0n) is 34.5. The molecule has 2 fully saturated rings. The van der Waals surface area contributed by atoms with Crippen LogP contribution >= 0.6 is 39.9 Å². The highest BCUT2D eigenvalue weighted by Crippen LogP contribution is 2.51. The van der Waals surface area contributed by atoms with E-state index < -0.39 is 18.1 Å². The molecule has 2 saturated heterocycles. The topological polar surface area (TPSA) is 215 Å². The third kappa shape index (κ3) is 21.2. The predicted octanol–water partition coefficient (Wildman–Crippen LogP) is 3.16. The molecule has 58 heavy (non-hydrogen) atoms. The van der Waals surface area contributed by atoms with Crippen LogP contribution in [0.1, 0.15) is 72.6 Å². The molecule has 22 heteroatoms. The first-order valence-corrected chi connectivity index (χ1v) is 24.5. The van der Waals surface area contributed by atoms with Crippen LogP contribution in [0.25, 0.3) is 0 Å². The Labute approximate surface area is 353 Å². The summed E-state index contributed by atoms with van der Waals surface area (Å²) >= 11 is 2.58. The molecule has 4 unspecified atom stereocenters. The number of thioether (sulfide) groups is 2. The first-order chi connectivity index (χ1) is 27.8. The number of hydrogen-bond donors (Lipinski definition) is 2. The van der Waals surface area contributed by atoms with Crippen molar-refractivity contribution < 1.29 is 66.2 Å². The molecule has 4 atom stereocenters. The Balaban J connectivity index is 1.43. The molecule has 18 nitrogen and oxygen atoms in total. The van der Waals surface area contributed by atoms with E-state index in [1.807, 2.05) is 0 Å². The quantitative estimate of drug-likeness (QED) is 0.0307. The minimum absolute atomic E-state index is 0.0462. The van der Waals surface area contributed by atoms with Crippen molar-refractivity contribution in [1.29, 1.82) is 0 Å². The van der Waals surface area contributed by atoms with Gasteiger partial charge in [-0.1, -0.05) is 27.7 Å². The molecular weight excluding hydrogens is 838 g/mol. The number of carbonyl (C=O) groups is 6. The lowest BCUT2D eigenvalue weighted by Crippen LogP contribution is -2.34. The fourth-order valence-corrected chi connectivity index (χ4v) is 9.04. The minimum Gasteiger partial charge on any atom is -0.377 e. The molecule has 2 aliphatic heterocycles. The van der Waals surface area contributed by atoms with E-state index in [-0.39, 0.29) is 133 Å². The highest BCUT2D eigenvalue weighted by Gasteiger charge is 2.39. The van der Waals surface area contributed by atoms with Crippen molar-refractivity contribution in [3.05, 3.63) is 0 Å². The lowest BCUT2D eigenvalue weighted by molar-refractivity contribution is -0.197. The Morgan fingerprint density at radius 1 is 0.724 bits per heavy atom. The second-order valence-corrected chi connectivity index (χ2v) is 20.7. The molecule has 0 aromatic rings. The van der Waals surface area contributed by atoms with Gasteiger partial charge in [0.2, 0.25) is 35.4 Å². The SMILES string of the molecule is COP(=O)(OCCNC(=O)CCSC1CC(=O)N(CCOCCOCCOCCN2C(=O)CC(SCCC(=O)NCCCCCOOPC(C)C)C2=O)C1=O)C(C)C. The molecule has 2 aliphatic rings. The van der Waals surface area contributed by atoms with Crippen LogP contribution in [0.5, 0.6) is 0 Å². The van der Waals surface area contributed by atoms with Gasteiger partial charge in [-0.3, -0.25) is 43.1 Å². The maximum Gasteiger partial charge on any atom is 0.332 e. The van der Waals surface area contributed by atoms with Gasteiger partial charge in [0.25, 0.3) is 0 Å². The number of nitrogens with zero attached hydrogens (tertiary/aromatic N) is 2. The second-order valence-electron chi connectivity index (χ2n) is 13.8. The fourth-order valence-electron chi connectivity index (χ4n) is 5.29. The molecule has 2 rings (SSSR count). The van der Waals surface area contributed by atoms with Gasteiger partial charge in [-0.2, -0.15) is 0 Å². The van der Waals surface area contributed by atoms with Crippen molar-refractivity contribution >= 4 is 75.4 Å². The van der Waals surface area contributed by atoms with Crippen molar-refractivity contribution in [3.63, 3.8) is 0 Å². The summed E-state index contributed by atoms with van der Waals surface area (Å²) in [4.78, 5) is 82.1. The van der Waals surface area contributed by atoms with Gasteiger partial charge >= 0.3 is 7.60 Å². The van der Waals surface area contributed by atoms with Gasteiger partial charge in [-0.25, -0.2) is 9.56 Å². The normalized spacial score (nSPS) is 18.5. The zero-order valence-corrected chi connectivity index (χ0v) is 38.1. The third-order valence-electron chi connectivity index (χ3n) is 8.52. The average molecular weight is 903 g/mol. The smallest absolute Gasteiger partial charge is 0.332 e. The van der Waals surface area contributed by atoms with Crippen LogP contribution in [0, 0.1) is 0 Å². The van der Waals surface area contributed by atoms with Gasteiger partial charge in [-0.15, -0.1) is 23.5 Å². The summed E-state index contributed by atoms with van der Waals surface area (Å²) in [6.07, 6.45) is 3.20. The Bertz CT molecular complexity index is 1330. The molecule has 0 aromatic heterocycles. The first-order valence-electron chi connectivity index (χ1n) is 19.8. The molecule has 0 bridgehead atoms. The van der Waals surface area contributed by atoms with Crippen molar-refractivity contribution in [2.45, 2.75) is 94.5 Å². The van der Waals surface area contributed by atoms with Crippen molar-refractivity contribution in [2.75, 3.05) is 97.6 Å². The number of carbonyl (C=O) groups excluding carboxylic acids is 6. The van der Waals surface area contributed by atoms with Gasteiger partial charge in [0.1, 0.15) is 0 Å². The molecule has 2 N–H and O–H groups in total. The summed E-state index contributed by atoms with van der Waals surface area (Å²) in [6.45, 7) is 10.5. The van der Waals surface area contributed by atoms with Crippen LogP contribution in [-0.2, 0) is 66.2 Å². The lowest BCUT2D eigenvalue weighted by Gasteiger charge is -2.19. The second kappa shape index (κ2) is 30.3. The summed E-state index contributed by atoms with van der Waals surface area (Å²) in [5.74, 6) is -0.622. The summed E-state index contributed by atoms with van der Waals surface area (Å²) in [5.41, 5.74) is 0.147. The number of amides is 6. The van der Waals surface area contributed by atoms with Crippen LogP contribution < -0.4 is 10.6 Å². The summed E-state index contributed by atoms with van der Waals surface area (Å²) in [5, 5.41) is 4.52. The van der Waals surface area contributed by atoms with E-state index in [1.54, 1.807) is 13.8 Å². The number of ether oxygens (including phenoxy) is 3. The zero-order chi connectivity index (χ0) is 42.8. The molecule has 0 radical (unpaired) electrons. The molecule has 334 valence electrons. The minimum atomic E-state index is -3.20. The Morgan fingerprint density at radius 2 is 1.22 bits per heavy atom. The van der Waals surface area contributed by atoms with E-state index in [0.717, 1.165) is 19.3 Å². The van der Waals surface area contributed by atoms with Crippen LogP contribution in [0.15, 0.2) is 0 Å². The van der Waals surface area contributed by atoms with Gasteiger partial charge in [-0.05, 0) is 24.9 Å². The fraction of sp³-hybridized carbons (Fsp3) is 0.833. The Hall–Kier alpha value is -1.70. The van der Waals surface area contributed by atoms with E-state index in [0.29, 0.717) is 39.1 Å². The largest absolute Gasteiger partial charge is 0.377 e. The maximum atomic E-state index is 12.7. The monoisotopic (exact) mass is 902 g/mol. The maximum absolute atomic E-state index is 12.7. The Kier molecular flexibility index (Phi) is 27.4. The number of rotatable bonds is 35. The number of unbranched alkanes of at least 4 members (excludes halogenated alkanes) is 2. The van der Waals surface area contributed by atoms with Crippen LogP contribution in [-0.4, -0.2) is 165 Å². The lowest BCUT2D eigenvalue weighted by atomic mass is 10.2. The van der Waals surface area contributed by atoms with Crippen molar-refractivity contribution in [1.82, 2.24) is 20.4 Å². The van der Waals surface area contributed by atoms with Gasteiger partial charge in [0.05, 0.1) is 90.9 Å². The molecule has 0 aliphatic carbocycles. The van der Waals surface area contributed by atoms with E-state index in [9.17, 15) is 33.3 Å². The molecule has 0 saturated carbocycles. The third-order valence-corrected chi connectivity index (χ3v) is 13.9. The van der Waals surface area contributed by atoms with Crippen LogP contribution in [0.2, 0.25) is 0 Å². The highest BCUT2D eigenvalue weighted by atomic mass is 32.2. The van der Waals surface area contributed by atoms with Crippen molar-refractivity contribution in [3.8, 4) is 0 Å². The number of likely N-dealkylation sites (tertiary alicyclic amines) is 2. The van der Waals surface area contributed by atoms with Gasteiger partial charge in [0, 0.05) is 57.4 Å². The van der Waals surface area contributed by atoms with E-state index in [2.05, 4.69) is 24.5 Å². The van der Waals surface area contributed by atoms with Gasteiger partial charge < -0.3 is 33.9 Å². The predicted molar refractivity (Wildman–Crippen MR) is 223 cm³/mol. The first kappa shape index (κ1) is 52.4. The highest BCUT2D eigenvalue weighted by molar-refractivity contribution is 8.00. The number of nitrogens with one attached hydrogen (secondary N) is 2. The molecule has 6 amide bonds. The summed E-state index contributed by atoms with van der Waals surface area (Å²) < 4.78 is 44.3. The molecular formula is C36H64N4O14P2S2. The van der Waals surface area contributed by atoms with E-state index in [1.165, 1.54) is 40.4 Å². The van der Waals surface area contributed by atoms with Crippen LogP contribution in [0.3, 0.4) is 0 Å². The molecule has 0 spiro atoms.